The van der Waals surface area contributed by atoms with Crippen LogP contribution in [-0.2, 0) is 20.3 Å². The maximum Gasteiger partial charge on any atom is 0.410 e. The van der Waals surface area contributed by atoms with Crippen LogP contribution in [-0.4, -0.2) is 64.8 Å². The Morgan fingerprint density at radius 2 is 1.93 bits per heavy atom. The molecule has 1 aliphatic heterocycles. The van der Waals surface area contributed by atoms with Crippen LogP contribution in [0.2, 0.25) is 0 Å². The zero-order valence-electron chi connectivity index (χ0n) is 26.8. The van der Waals surface area contributed by atoms with Crippen molar-refractivity contribution in [2.75, 3.05) is 24.2 Å². The van der Waals surface area contributed by atoms with Crippen molar-refractivity contribution in [1.82, 2.24) is 19.9 Å². The molecular weight excluding hydrogens is 670 g/mol. The van der Waals surface area contributed by atoms with E-state index in [9.17, 15) is 13.2 Å². The highest BCUT2D eigenvalue weighted by Gasteiger charge is 2.28. The number of carbonyl (C=O) groups excluding carboxylic acids is 1. The zero-order chi connectivity index (χ0) is 33.1. The summed E-state index contributed by atoms with van der Waals surface area (Å²) in [5.74, 6) is 1.49. The number of rotatable bonds is 9. The number of halogens is 1. The summed E-state index contributed by atoms with van der Waals surface area (Å²) in [5.41, 5.74) is 2.31. The number of aromatic nitrogens is 3. The molecule has 1 amide bonds. The number of piperidine rings is 1. The van der Waals surface area contributed by atoms with Crippen LogP contribution in [0.15, 0.2) is 59.3 Å². The minimum Gasteiger partial charge on any atom is -0.444 e. The summed E-state index contributed by atoms with van der Waals surface area (Å²) in [6.45, 7) is 10.5. The standard InChI is InChI=1S/C34H40BrN5O5S/c1-6-17-46(42,43)21-23-9-7-11-27-26(23)13-12-22(2)30(27)44-31-28(18-24(35)19-37-31)29-14-15-36-32(39-29)38-25-10-8-16-40(20-25)33(41)45-34(3,4)5/h7,9,11-15,18-19,25H,6,8,10,16-17,20-21H2,1-5H3,(H,36,38,39)/t25-/m0/s1. The molecule has 46 heavy (non-hydrogen) atoms. The molecule has 12 heteroatoms. The normalized spacial score (nSPS) is 15.5. The van der Waals surface area contributed by atoms with Crippen LogP contribution in [0.5, 0.6) is 11.6 Å². The van der Waals surface area contributed by atoms with E-state index < -0.39 is 15.4 Å². The molecule has 244 valence electrons. The van der Waals surface area contributed by atoms with Gasteiger partial charge < -0.3 is 19.7 Å². The first kappa shape index (κ1) is 33.6. The van der Waals surface area contributed by atoms with Gasteiger partial charge in [0, 0.05) is 41.4 Å². The summed E-state index contributed by atoms with van der Waals surface area (Å²) in [7, 11) is -3.24. The molecule has 0 bridgehead atoms. The Bertz CT molecular complexity index is 1840. The third kappa shape index (κ3) is 8.33. The number of pyridine rings is 1. The second-order valence-electron chi connectivity index (χ2n) is 12.6. The van der Waals surface area contributed by atoms with Crippen LogP contribution < -0.4 is 10.1 Å². The molecule has 1 atom stereocenters. The molecule has 5 rings (SSSR count). The molecule has 0 radical (unpaired) electrons. The van der Waals surface area contributed by atoms with Gasteiger partial charge in [0.2, 0.25) is 11.8 Å². The molecule has 1 fully saturated rings. The number of benzene rings is 2. The van der Waals surface area contributed by atoms with Crippen molar-refractivity contribution in [2.24, 2.45) is 0 Å². The Morgan fingerprint density at radius 1 is 1.13 bits per heavy atom. The Balaban J connectivity index is 1.42. The molecule has 1 N–H and O–H groups in total. The summed E-state index contributed by atoms with van der Waals surface area (Å²) in [6, 6.07) is 13.2. The minimum absolute atomic E-state index is 0.0320. The van der Waals surface area contributed by atoms with E-state index in [1.54, 1.807) is 23.4 Å². The smallest absolute Gasteiger partial charge is 0.410 e. The Labute approximate surface area is 279 Å². The predicted octanol–water partition coefficient (Wildman–Crippen LogP) is 7.69. The Morgan fingerprint density at radius 3 is 2.70 bits per heavy atom. The van der Waals surface area contributed by atoms with E-state index in [1.165, 1.54) is 0 Å². The summed E-state index contributed by atoms with van der Waals surface area (Å²) in [4.78, 5) is 28.3. The van der Waals surface area contributed by atoms with Crippen molar-refractivity contribution in [3.8, 4) is 22.9 Å². The van der Waals surface area contributed by atoms with E-state index in [0.717, 1.165) is 39.2 Å². The van der Waals surface area contributed by atoms with E-state index in [2.05, 4.69) is 31.2 Å². The fourth-order valence-corrected chi connectivity index (χ4v) is 7.35. The number of hydrogen-bond donors (Lipinski definition) is 1. The van der Waals surface area contributed by atoms with Crippen molar-refractivity contribution in [2.45, 2.75) is 71.3 Å². The quantitative estimate of drug-likeness (QED) is 0.186. The van der Waals surface area contributed by atoms with Gasteiger partial charge in [0.05, 0.1) is 22.8 Å². The van der Waals surface area contributed by atoms with Crippen molar-refractivity contribution in [1.29, 1.82) is 0 Å². The maximum atomic E-state index is 12.7. The van der Waals surface area contributed by atoms with Crippen LogP contribution in [0.25, 0.3) is 22.0 Å². The number of hydrogen-bond acceptors (Lipinski definition) is 9. The molecule has 3 heterocycles. The van der Waals surface area contributed by atoms with E-state index in [0.29, 0.717) is 48.3 Å². The van der Waals surface area contributed by atoms with Gasteiger partial charge in [0.25, 0.3) is 0 Å². The van der Waals surface area contributed by atoms with Crippen molar-refractivity contribution < 1.29 is 22.7 Å². The van der Waals surface area contributed by atoms with Gasteiger partial charge >= 0.3 is 6.09 Å². The van der Waals surface area contributed by atoms with Crippen molar-refractivity contribution in [3.63, 3.8) is 0 Å². The number of nitrogens with zero attached hydrogens (tertiary/aromatic N) is 4. The highest BCUT2D eigenvalue weighted by atomic mass is 79.9. The fraction of sp³-hybridized carbons (Fsp3) is 0.412. The number of ether oxygens (including phenoxy) is 2. The second-order valence-corrected chi connectivity index (χ2v) is 15.7. The molecule has 1 aliphatic rings. The molecule has 2 aromatic carbocycles. The lowest BCUT2D eigenvalue weighted by atomic mass is 10.0. The lowest BCUT2D eigenvalue weighted by Crippen LogP contribution is -2.47. The van der Waals surface area contributed by atoms with Crippen LogP contribution in [0.1, 0.15) is 58.1 Å². The first-order chi connectivity index (χ1) is 21.8. The highest BCUT2D eigenvalue weighted by Crippen LogP contribution is 2.39. The Kier molecular flexibility index (Phi) is 10.2. The van der Waals surface area contributed by atoms with Crippen LogP contribution in [0, 0.1) is 6.92 Å². The zero-order valence-corrected chi connectivity index (χ0v) is 29.2. The van der Waals surface area contributed by atoms with Crippen LogP contribution in [0.4, 0.5) is 10.7 Å². The average molecular weight is 711 g/mol. The summed E-state index contributed by atoms with van der Waals surface area (Å²) in [5, 5.41) is 5.02. The second kappa shape index (κ2) is 13.9. The van der Waals surface area contributed by atoms with E-state index in [-0.39, 0.29) is 23.6 Å². The van der Waals surface area contributed by atoms with Gasteiger partial charge in [0.1, 0.15) is 11.4 Å². The molecule has 0 unspecified atom stereocenters. The monoisotopic (exact) mass is 709 g/mol. The predicted molar refractivity (Wildman–Crippen MR) is 184 cm³/mol. The number of fused-ring (bicyclic) bond motifs is 1. The number of nitrogens with one attached hydrogen (secondary N) is 1. The van der Waals surface area contributed by atoms with Gasteiger partial charge in [0.15, 0.2) is 9.84 Å². The van der Waals surface area contributed by atoms with Crippen molar-refractivity contribution in [3.05, 3.63) is 70.5 Å². The molecule has 2 aromatic heterocycles. The van der Waals surface area contributed by atoms with Gasteiger partial charge in [-0.25, -0.2) is 28.2 Å². The Hall–Kier alpha value is -3.77. The number of carbonyl (C=O) groups is 1. The lowest BCUT2D eigenvalue weighted by molar-refractivity contribution is 0.0206. The molecular formula is C34H40BrN5O5S. The summed E-state index contributed by atoms with van der Waals surface area (Å²) < 4.78 is 38.2. The molecule has 1 saturated heterocycles. The summed E-state index contributed by atoms with van der Waals surface area (Å²) >= 11 is 3.54. The molecule has 4 aromatic rings. The SMILES string of the molecule is CCCS(=O)(=O)Cc1cccc2c(Oc3ncc(Br)cc3-c3ccnc(N[C@H]4CCCN(C(=O)OC(C)(C)C)C4)n3)c(C)ccc12. The van der Waals surface area contributed by atoms with E-state index >= 15 is 0 Å². The molecule has 0 saturated carbocycles. The molecule has 0 spiro atoms. The third-order valence-corrected chi connectivity index (χ3v) is 9.76. The third-order valence-electron chi connectivity index (χ3n) is 7.54. The van der Waals surface area contributed by atoms with E-state index in [1.807, 2.05) is 71.0 Å². The fourth-order valence-electron chi connectivity index (χ4n) is 5.52. The summed E-state index contributed by atoms with van der Waals surface area (Å²) in [6.07, 6.45) is 5.28. The first-order valence-electron chi connectivity index (χ1n) is 15.4. The number of likely N-dealkylation sites (tertiary alicyclic amines) is 1. The lowest BCUT2D eigenvalue weighted by Gasteiger charge is -2.34. The number of sulfone groups is 1. The van der Waals surface area contributed by atoms with Crippen LogP contribution >= 0.6 is 15.9 Å². The largest absolute Gasteiger partial charge is 0.444 e. The van der Waals surface area contributed by atoms with Gasteiger partial charge in [-0.05, 0) is 91.5 Å². The van der Waals surface area contributed by atoms with Gasteiger partial charge in [-0.1, -0.05) is 37.3 Å². The maximum absolute atomic E-state index is 12.7. The average Bonchev–Trinajstić information content (AvgIpc) is 2.98. The topological polar surface area (TPSA) is 124 Å². The van der Waals surface area contributed by atoms with Gasteiger partial charge in [-0.15, -0.1) is 0 Å². The first-order valence-corrected chi connectivity index (χ1v) is 18.1. The van der Waals surface area contributed by atoms with Crippen molar-refractivity contribution >= 4 is 48.6 Å². The minimum atomic E-state index is -3.24. The number of aryl methyl sites for hydroxylation is 1. The molecule has 10 nitrogen and oxygen atoms in total. The number of amides is 1. The van der Waals surface area contributed by atoms with Gasteiger partial charge in [-0.3, -0.25) is 0 Å². The van der Waals surface area contributed by atoms with Gasteiger partial charge in [-0.2, -0.15) is 0 Å². The molecule has 0 aliphatic carbocycles. The highest BCUT2D eigenvalue weighted by molar-refractivity contribution is 9.10. The number of anilines is 1. The van der Waals surface area contributed by atoms with Crippen LogP contribution in [0.3, 0.4) is 0 Å². The van der Waals surface area contributed by atoms with E-state index in [4.69, 9.17) is 14.5 Å².